The van der Waals surface area contributed by atoms with Gasteiger partial charge in [0, 0.05) is 31.7 Å². The smallest absolute Gasteiger partial charge is 0.0594 e. The normalized spacial score (nSPS) is 31.3. The van der Waals surface area contributed by atoms with Gasteiger partial charge in [-0.2, -0.15) is 0 Å². The van der Waals surface area contributed by atoms with Crippen LogP contribution in [0.2, 0.25) is 0 Å². The summed E-state index contributed by atoms with van der Waals surface area (Å²) in [5.41, 5.74) is 0. The minimum atomic E-state index is 0.617. The minimum absolute atomic E-state index is 0.617. The van der Waals surface area contributed by atoms with Crippen molar-refractivity contribution in [2.24, 2.45) is 5.92 Å². The standard InChI is InChI=1S/C16H32N2O/c1-3-4-15-5-7-16(8-6-15)17-14(2)13-18-9-11-19-12-10-18/h14-17H,3-13H2,1-2H3. The van der Waals surface area contributed by atoms with Crippen molar-refractivity contribution >= 4 is 0 Å². The van der Waals surface area contributed by atoms with E-state index < -0.39 is 0 Å². The van der Waals surface area contributed by atoms with Gasteiger partial charge in [0.1, 0.15) is 0 Å². The van der Waals surface area contributed by atoms with Gasteiger partial charge in [-0.05, 0) is 38.5 Å². The monoisotopic (exact) mass is 268 g/mol. The summed E-state index contributed by atoms with van der Waals surface area (Å²) in [4.78, 5) is 2.53. The number of morpholine rings is 1. The lowest BCUT2D eigenvalue weighted by atomic mass is 9.83. The summed E-state index contributed by atoms with van der Waals surface area (Å²) in [5.74, 6) is 1.01. The van der Waals surface area contributed by atoms with E-state index in [1.807, 2.05) is 0 Å². The third-order valence-electron chi connectivity index (χ3n) is 4.70. The van der Waals surface area contributed by atoms with Crippen molar-refractivity contribution in [3.8, 4) is 0 Å². The average Bonchev–Trinajstić information content (AvgIpc) is 2.42. The molecule has 2 aliphatic rings. The molecule has 1 saturated carbocycles. The number of rotatable bonds is 6. The lowest BCUT2D eigenvalue weighted by Gasteiger charge is -2.34. The second-order valence-corrected chi connectivity index (χ2v) is 6.49. The van der Waals surface area contributed by atoms with Crippen molar-refractivity contribution < 1.29 is 4.74 Å². The van der Waals surface area contributed by atoms with Crippen LogP contribution in [-0.2, 0) is 4.74 Å². The van der Waals surface area contributed by atoms with Crippen molar-refractivity contribution in [3.63, 3.8) is 0 Å². The van der Waals surface area contributed by atoms with Crippen molar-refractivity contribution in [3.05, 3.63) is 0 Å². The molecule has 19 heavy (non-hydrogen) atoms. The number of hydrogen-bond donors (Lipinski definition) is 1. The van der Waals surface area contributed by atoms with E-state index in [-0.39, 0.29) is 0 Å². The van der Waals surface area contributed by atoms with Crippen molar-refractivity contribution in [2.75, 3.05) is 32.8 Å². The zero-order chi connectivity index (χ0) is 13.5. The highest BCUT2D eigenvalue weighted by Gasteiger charge is 2.22. The van der Waals surface area contributed by atoms with Gasteiger partial charge in [0.05, 0.1) is 13.2 Å². The Hall–Kier alpha value is -0.120. The van der Waals surface area contributed by atoms with E-state index >= 15 is 0 Å². The number of nitrogens with one attached hydrogen (secondary N) is 1. The van der Waals surface area contributed by atoms with E-state index in [2.05, 4.69) is 24.1 Å². The van der Waals surface area contributed by atoms with Gasteiger partial charge in [-0.3, -0.25) is 4.90 Å². The van der Waals surface area contributed by atoms with E-state index in [1.54, 1.807) is 0 Å². The van der Waals surface area contributed by atoms with Gasteiger partial charge in [-0.25, -0.2) is 0 Å². The van der Waals surface area contributed by atoms with E-state index in [4.69, 9.17) is 4.74 Å². The molecule has 1 unspecified atom stereocenters. The molecule has 3 heteroatoms. The molecule has 0 bridgehead atoms. The number of ether oxygens (including phenoxy) is 1. The molecule has 1 atom stereocenters. The quantitative estimate of drug-likeness (QED) is 0.801. The van der Waals surface area contributed by atoms with Gasteiger partial charge in [0.25, 0.3) is 0 Å². The molecule has 0 spiro atoms. The van der Waals surface area contributed by atoms with Gasteiger partial charge in [0.15, 0.2) is 0 Å². The van der Waals surface area contributed by atoms with Gasteiger partial charge in [0.2, 0.25) is 0 Å². The number of hydrogen-bond acceptors (Lipinski definition) is 3. The second-order valence-electron chi connectivity index (χ2n) is 6.49. The Kier molecular flexibility index (Phi) is 6.62. The van der Waals surface area contributed by atoms with E-state index in [1.165, 1.54) is 45.1 Å². The molecule has 0 radical (unpaired) electrons. The number of nitrogens with zero attached hydrogens (tertiary/aromatic N) is 1. The van der Waals surface area contributed by atoms with Crippen LogP contribution in [0.3, 0.4) is 0 Å². The molecule has 2 fully saturated rings. The summed E-state index contributed by atoms with van der Waals surface area (Å²) in [7, 11) is 0. The summed E-state index contributed by atoms with van der Waals surface area (Å²) in [6.07, 6.45) is 8.45. The summed E-state index contributed by atoms with van der Waals surface area (Å²) in [5, 5.41) is 3.85. The molecule has 0 aromatic rings. The van der Waals surface area contributed by atoms with Crippen LogP contribution >= 0.6 is 0 Å². The Morgan fingerprint density at radius 2 is 1.84 bits per heavy atom. The molecule has 1 N–H and O–H groups in total. The van der Waals surface area contributed by atoms with Gasteiger partial charge >= 0.3 is 0 Å². The second kappa shape index (κ2) is 8.23. The molecule has 1 aliphatic carbocycles. The largest absolute Gasteiger partial charge is 0.379 e. The molecular weight excluding hydrogens is 236 g/mol. The van der Waals surface area contributed by atoms with Crippen LogP contribution in [0.4, 0.5) is 0 Å². The van der Waals surface area contributed by atoms with Crippen LogP contribution in [-0.4, -0.2) is 49.8 Å². The predicted molar refractivity (Wildman–Crippen MR) is 80.5 cm³/mol. The molecule has 1 aliphatic heterocycles. The van der Waals surface area contributed by atoms with E-state index in [0.29, 0.717) is 6.04 Å². The maximum Gasteiger partial charge on any atom is 0.0594 e. The highest BCUT2D eigenvalue weighted by atomic mass is 16.5. The predicted octanol–water partition coefficient (Wildman–Crippen LogP) is 2.66. The van der Waals surface area contributed by atoms with Gasteiger partial charge in [-0.15, -0.1) is 0 Å². The average molecular weight is 268 g/mol. The zero-order valence-electron chi connectivity index (χ0n) is 12.9. The maximum absolute atomic E-state index is 5.40. The Bertz CT molecular complexity index is 233. The molecule has 3 nitrogen and oxygen atoms in total. The van der Waals surface area contributed by atoms with E-state index in [9.17, 15) is 0 Å². The van der Waals surface area contributed by atoms with Gasteiger partial charge < -0.3 is 10.1 Å². The SMILES string of the molecule is CCCC1CCC(NC(C)CN2CCOCC2)CC1. The lowest BCUT2D eigenvalue weighted by Crippen LogP contribution is -2.47. The third kappa shape index (κ3) is 5.41. The first-order valence-electron chi connectivity index (χ1n) is 8.34. The summed E-state index contributed by atoms with van der Waals surface area (Å²) >= 11 is 0. The zero-order valence-corrected chi connectivity index (χ0v) is 12.9. The topological polar surface area (TPSA) is 24.5 Å². The van der Waals surface area contributed by atoms with Crippen LogP contribution < -0.4 is 5.32 Å². The molecule has 0 aromatic heterocycles. The van der Waals surface area contributed by atoms with Crippen LogP contribution in [0.5, 0.6) is 0 Å². The molecule has 112 valence electrons. The highest BCUT2D eigenvalue weighted by molar-refractivity contribution is 4.80. The maximum atomic E-state index is 5.40. The Morgan fingerprint density at radius 3 is 2.47 bits per heavy atom. The molecule has 1 saturated heterocycles. The fourth-order valence-electron chi connectivity index (χ4n) is 3.65. The third-order valence-corrected chi connectivity index (χ3v) is 4.70. The van der Waals surface area contributed by atoms with Crippen LogP contribution in [0.15, 0.2) is 0 Å². The van der Waals surface area contributed by atoms with Crippen LogP contribution in [0.1, 0.15) is 52.4 Å². The van der Waals surface area contributed by atoms with Crippen molar-refractivity contribution in [2.45, 2.75) is 64.5 Å². The van der Waals surface area contributed by atoms with E-state index in [0.717, 1.165) is 38.3 Å². The first-order chi connectivity index (χ1) is 9.28. The fraction of sp³-hybridized carbons (Fsp3) is 1.00. The summed E-state index contributed by atoms with van der Waals surface area (Å²) < 4.78 is 5.40. The lowest BCUT2D eigenvalue weighted by molar-refractivity contribution is 0.0334. The van der Waals surface area contributed by atoms with Crippen LogP contribution in [0.25, 0.3) is 0 Å². The fourth-order valence-corrected chi connectivity index (χ4v) is 3.65. The Morgan fingerprint density at radius 1 is 1.16 bits per heavy atom. The summed E-state index contributed by atoms with van der Waals surface area (Å²) in [6, 6.07) is 1.38. The van der Waals surface area contributed by atoms with Crippen molar-refractivity contribution in [1.82, 2.24) is 10.2 Å². The molecule has 0 amide bonds. The molecule has 1 heterocycles. The highest BCUT2D eigenvalue weighted by Crippen LogP contribution is 2.27. The Labute approximate surface area is 119 Å². The molecule has 2 rings (SSSR count). The minimum Gasteiger partial charge on any atom is -0.379 e. The molecule has 0 aromatic carbocycles. The Balaban J connectivity index is 1.61. The molecular formula is C16H32N2O. The first kappa shape index (κ1) is 15.3. The first-order valence-corrected chi connectivity index (χ1v) is 8.34. The summed E-state index contributed by atoms with van der Waals surface area (Å²) in [6.45, 7) is 9.87. The van der Waals surface area contributed by atoms with Crippen LogP contribution in [0, 0.1) is 5.92 Å². The van der Waals surface area contributed by atoms with Crippen molar-refractivity contribution in [1.29, 1.82) is 0 Å². The van der Waals surface area contributed by atoms with Gasteiger partial charge in [-0.1, -0.05) is 19.8 Å².